The largest absolute Gasteiger partial charge is 0.370 e. The number of nitrogens with one attached hydrogen (secondary N) is 3. The number of urea groups is 1. The van der Waals surface area contributed by atoms with E-state index in [-0.39, 0.29) is 18.4 Å². The third-order valence-electron chi connectivity index (χ3n) is 1.54. The average Bonchev–Trinajstić information content (AvgIpc) is 2.15. The number of guanidine groups is 1. The molecule has 0 atom stereocenters. The van der Waals surface area contributed by atoms with Crippen molar-refractivity contribution in [2.45, 2.75) is 6.54 Å². The van der Waals surface area contributed by atoms with E-state index in [0.29, 0.717) is 6.54 Å². The van der Waals surface area contributed by atoms with Gasteiger partial charge in [0.15, 0.2) is 5.96 Å². The number of carbonyl (C=O) groups excluding carboxylic acids is 1. The Morgan fingerprint density at radius 1 is 1.33 bits per heavy atom. The van der Waals surface area contributed by atoms with Crippen LogP contribution in [0.15, 0.2) is 30.3 Å². The van der Waals surface area contributed by atoms with E-state index < -0.39 is 6.03 Å². The van der Waals surface area contributed by atoms with Crippen LogP contribution in [0.25, 0.3) is 0 Å². The standard InChI is InChI=1S/C9H12N4O.ClH/c10-8(11)13-9(14)12-6-7-4-2-1-3-5-7;/h1-5H,6H2,(H5,10,11,12,13,14);1H. The SMILES string of the molecule is Cl.N=C(N)NC(=O)NCc1ccccc1. The van der Waals surface area contributed by atoms with Gasteiger partial charge in [-0.05, 0) is 5.56 Å². The molecule has 0 saturated carbocycles. The molecular weight excluding hydrogens is 216 g/mol. The van der Waals surface area contributed by atoms with E-state index in [1.807, 2.05) is 30.3 Å². The molecule has 0 aliphatic carbocycles. The lowest BCUT2D eigenvalue weighted by Crippen LogP contribution is -2.42. The van der Waals surface area contributed by atoms with Crippen molar-refractivity contribution in [3.63, 3.8) is 0 Å². The lowest BCUT2D eigenvalue weighted by atomic mass is 10.2. The number of amides is 2. The predicted molar refractivity (Wildman–Crippen MR) is 61.0 cm³/mol. The Morgan fingerprint density at radius 2 is 1.93 bits per heavy atom. The maximum absolute atomic E-state index is 11.0. The first kappa shape index (κ1) is 13.2. The van der Waals surface area contributed by atoms with Crippen molar-refractivity contribution in [3.8, 4) is 0 Å². The fraction of sp³-hybridized carbons (Fsp3) is 0.111. The van der Waals surface area contributed by atoms with Gasteiger partial charge in [0.2, 0.25) is 0 Å². The summed E-state index contributed by atoms with van der Waals surface area (Å²) in [6.45, 7) is 0.417. The topological polar surface area (TPSA) is 91.0 Å². The molecule has 0 aliphatic rings. The molecule has 0 aliphatic heterocycles. The number of nitrogens with two attached hydrogens (primary N) is 1. The van der Waals surface area contributed by atoms with Gasteiger partial charge in [0.25, 0.3) is 0 Å². The number of halogens is 1. The fourth-order valence-electron chi connectivity index (χ4n) is 0.945. The molecule has 15 heavy (non-hydrogen) atoms. The Kier molecular flexibility index (Phi) is 5.89. The number of carbonyl (C=O) groups is 1. The van der Waals surface area contributed by atoms with E-state index in [4.69, 9.17) is 11.1 Å². The molecule has 0 saturated heterocycles. The third-order valence-corrected chi connectivity index (χ3v) is 1.54. The Balaban J connectivity index is 0.00000196. The molecule has 0 heterocycles. The fourth-order valence-corrected chi connectivity index (χ4v) is 0.945. The van der Waals surface area contributed by atoms with Crippen molar-refractivity contribution < 1.29 is 4.79 Å². The molecule has 6 heteroatoms. The lowest BCUT2D eigenvalue weighted by Gasteiger charge is -2.05. The van der Waals surface area contributed by atoms with Gasteiger partial charge >= 0.3 is 6.03 Å². The highest BCUT2D eigenvalue weighted by Gasteiger charge is 1.99. The van der Waals surface area contributed by atoms with Crippen LogP contribution in [-0.4, -0.2) is 12.0 Å². The average molecular weight is 229 g/mol. The van der Waals surface area contributed by atoms with Crippen LogP contribution in [-0.2, 0) is 6.54 Å². The second-order valence-electron chi connectivity index (χ2n) is 2.71. The first-order chi connectivity index (χ1) is 6.68. The molecule has 0 radical (unpaired) electrons. The molecule has 0 bridgehead atoms. The normalized spacial score (nSPS) is 8.53. The third kappa shape index (κ3) is 5.53. The van der Waals surface area contributed by atoms with E-state index in [2.05, 4.69) is 10.6 Å². The predicted octanol–water partition coefficient (Wildman–Crippen LogP) is 0.801. The van der Waals surface area contributed by atoms with E-state index in [1.165, 1.54) is 0 Å². The van der Waals surface area contributed by atoms with Crippen molar-refractivity contribution in [2.75, 3.05) is 0 Å². The number of rotatable bonds is 2. The quantitative estimate of drug-likeness (QED) is 0.446. The van der Waals surface area contributed by atoms with Crippen molar-refractivity contribution >= 4 is 24.4 Å². The van der Waals surface area contributed by atoms with Gasteiger partial charge in [0, 0.05) is 6.54 Å². The zero-order valence-corrected chi connectivity index (χ0v) is 8.80. The minimum atomic E-state index is -0.471. The Bertz CT molecular complexity index is 328. The smallest absolute Gasteiger partial charge is 0.321 e. The second kappa shape index (κ2) is 6.67. The first-order valence-electron chi connectivity index (χ1n) is 4.11. The van der Waals surface area contributed by atoms with Gasteiger partial charge in [-0.3, -0.25) is 10.7 Å². The van der Waals surface area contributed by atoms with Crippen LogP contribution in [0.2, 0.25) is 0 Å². The molecule has 1 aromatic rings. The van der Waals surface area contributed by atoms with Crippen molar-refractivity contribution in [3.05, 3.63) is 35.9 Å². The highest BCUT2D eigenvalue weighted by Crippen LogP contribution is 1.96. The van der Waals surface area contributed by atoms with Crippen LogP contribution in [0, 0.1) is 5.41 Å². The zero-order valence-electron chi connectivity index (χ0n) is 7.99. The molecule has 1 aromatic carbocycles. The summed E-state index contributed by atoms with van der Waals surface area (Å²) in [5, 5.41) is 11.5. The van der Waals surface area contributed by atoms with Crippen LogP contribution in [0.3, 0.4) is 0 Å². The van der Waals surface area contributed by atoms with E-state index in [0.717, 1.165) is 5.56 Å². The van der Waals surface area contributed by atoms with Crippen LogP contribution < -0.4 is 16.4 Å². The number of benzene rings is 1. The first-order valence-corrected chi connectivity index (χ1v) is 4.11. The molecule has 1 rings (SSSR count). The Hall–Kier alpha value is -1.75. The number of hydrogen-bond acceptors (Lipinski definition) is 2. The van der Waals surface area contributed by atoms with E-state index in [1.54, 1.807) is 0 Å². The summed E-state index contributed by atoms with van der Waals surface area (Å²) in [7, 11) is 0. The summed E-state index contributed by atoms with van der Waals surface area (Å²) >= 11 is 0. The van der Waals surface area contributed by atoms with E-state index in [9.17, 15) is 4.79 Å². The minimum Gasteiger partial charge on any atom is -0.370 e. The maximum Gasteiger partial charge on any atom is 0.321 e. The molecule has 2 amide bonds. The maximum atomic E-state index is 11.0. The van der Waals surface area contributed by atoms with Gasteiger partial charge in [-0.2, -0.15) is 0 Å². The monoisotopic (exact) mass is 228 g/mol. The van der Waals surface area contributed by atoms with Crippen molar-refractivity contribution in [1.82, 2.24) is 10.6 Å². The molecule has 0 aromatic heterocycles. The summed E-state index contributed by atoms with van der Waals surface area (Å²) in [6, 6.07) is 9.00. The highest BCUT2D eigenvalue weighted by molar-refractivity contribution is 5.93. The van der Waals surface area contributed by atoms with Crippen LogP contribution in [0.4, 0.5) is 4.79 Å². The Morgan fingerprint density at radius 3 is 2.47 bits per heavy atom. The van der Waals surface area contributed by atoms with Gasteiger partial charge in [-0.25, -0.2) is 4.79 Å². The van der Waals surface area contributed by atoms with Crippen molar-refractivity contribution in [2.24, 2.45) is 5.73 Å². The zero-order chi connectivity index (χ0) is 10.4. The Labute approximate surface area is 94.0 Å². The molecule has 5 N–H and O–H groups in total. The van der Waals surface area contributed by atoms with E-state index >= 15 is 0 Å². The molecule has 5 nitrogen and oxygen atoms in total. The minimum absolute atomic E-state index is 0. The van der Waals surface area contributed by atoms with Gasteiger partial charge in [-0.15, -0.1) is 12.4 Å². The van der Waals surface area contributed by atoms with Crippen LogP contribution in [0.5, 0.6) is 0 Å². The summed E-state index contributed by atoms with van der Waals surface area (Å²) in [5.41, 5.74) is 5.97. The van der Waals surface area contributed by atoms with Gasteiger partial charge in [-0.1, -0.05) is 30.3 Å². The molecule has 82 valence electrons. The van der Waals surface area contributed by atoms with Gasteiger partial charge in [0.1, 0.15) is 0 Å². The molecule has 0 spiro atoms. The van der Waals surface area contributed by atoms with Crippen LogP contribution in [0.1, 0.15) is 5.56 Å². The summed E-state index contributed by atoms with van der Waals surface area (Å²) < 4.78 is 0. The summed E-state index contributed by atoms with van der Waals surface area (Å²) in [5.74, 6) is -0.365. The van der Waals surface area contributed by atoms with Crippen LogP contribution >= 0.6 is 12.4 Å². The molecule has 0 unspecified atom stereocenters. The second-order valence-corrected chi connectivity index (χ2v) is 2.71. The summed E-state index contributed by atoms with van der Waals surface area (Å²) in [6.07, 6.45) is 0. The number of hydrogen-bond donors (Lipinski definition) is 4. The van der Waals surface area contributed by atoms with Gasteiger partial charge in [0.05, 0.1) is 0 Å². The van der Waals surface area contributed by atoms with Gasteiger partial charge < -0.3 is 11.1 Å². The van der Waals surface area contributed by atoms with Crippen molar-refractivity contribution in [1.29, 1.82) is 5.41 Å². The molecular formula is C9H13ClN4O. The lowest BCUT2D eigenvalue weighted by molar-refractivity contribution is 0.245. The summed E-state index contributed by atoms with van der Waals surface area (Å²) in [4.78, 5) is 11.0. The molecule has 0 fully saturated rings. The highest BCUT2D eigenvalue weighted by atomic mass is 35.5.